The van der Waals surface area contributed by atoms with Crippen molar-refractivity contribution < 1.29 is 14.0 Å². The molecule has 0 unspecified atom stereocenters. The highest BCUT2D eigenvalue weighted by Crippen LogP contribution is 2.20. The number of carbonyl (C=O) groups is 2. The van der Waals surface area contributed by atoms with E-state index in [1.54, 1.807) is 29.4 Å². The van der Waals surface area contributed by atoms with Crippen molar-refractivity contribution in [2.45, 2.75) is 20.4 Å². The highest BCUT2D eigenvalue weighted by molar-refractivity contribution is 5.96. The predicted octanol–water partition coefficient (Wildman–Crippen LogP) is 4.34. The maximum Gasteiger partial charge on any atom is 0.254 e. The van der Waals surface area contributed by atoms with Gasteiger partial charge in [-0.05, 0) is 50.2 Å². The van der Waals surface area contributed by atoms with Gasteiger partial charge in [0.25, 0.3) is 5.91 Å². The van der Waals surface area contributed by atoms with Gasteiger partial charge in [-0.3, -0.25) is 9.59 Å². The van der Waals surface area contributed by atoms with Crippen LogP contribution < -0.4 is 4.90 Å². The van der Waals surface area contributed by atoms with Crippen LogP contribution in [0.3, 0.4) is 0 Å². The van der Waals surface area contributed by atoms with E-state index in [0.717, 1.165) is 22.6 Å². The van der Waals surface area contributed by atoms with Gasteiger partial charge in [-0.2, -0.15) is 0 Å². The van der Waals surface area contributed by atoms with Gasteiger partial charge in [-0.15, -0.1) is 10.2 Å². The number of aromatic nitrogens is 2. The second kappa shape index (κ2) is 11.3. The van der Waals surface area contributed by atoms with E-state index in [4.69, 9.17) is 4.42 Å². The summed E-state index contributed by atoms with van der Waals surface area (Å²) in [6, 6.07) is 23.1. The third kappa shape index (κ3) is 5.91. The Kier molecular flexibility index (Phi) is 7.49. The zero-order chi connectivity index (χ0) is 26.5. The molecule has 1 saturated heterocycles. The normalized spacial score (nSPS) is 13.4. The maximum absolute atomic E-state index is 13.3. The van der Waals surface area contributed by atoms with Gasteiger partial charge in [0.2, 0.25) is 5.91 Å². The monoisotopic (exact) mass is 509 g/mol. The van der Waals surface area contributed by atoms with E-state index in [2.05, 4.69) is 34.2 Å². The average molecular weight is 510 g/mol. The van der Waals surface area contributed by atoms with Crippen LogP contribution in [0.15, 0.2) is 83.5 Å². The van der Waals surface area contributed by atoms with Crippen molar-refractivity contribution in [3.05, 3.63) is 102 Å². The maximum atomic E-state index is 13.3. The van der Waals surface area contributed by atoms with Crippen LogP contribution in [-0.4, -0.2) is 64.5 Å². The van der Waals surface area contributed by atoms with Crippen LogP contribution in [0.1, 0.15) is 27.2 Å². The van der Waals surface area contributed by atoms with Gasteiger partial charge < -0.3 is 19.1 Å². The van der Waals surface area contributed by atoms with Gasteiger partial charge >= 0.3 is 0 Å². The molecule has 0 saturated carbocycles. The molecule has 4 aromatic rings. The molecule has 3 heterocycles. The Hall–Kier alpha value is -4.46. The summed E-state index contributed by atoms with van der Waals surface area (Å²) in [6.45, 7) is 6.64. The molecule has 5 rings (SSSR count). The Bertz CT molecular complexity index is 1360. The molecule has 0 aliphatic carbocycles. The topological polar surface area (TPSA) is 82.8 Å². The zero-order valence-corrected chi connectivity index (χ0v) is 21.7. The first-order chi connectivity index (χ1) is 18.5. The van der Waals surface area contributed by atoms with E-state index < -0.39 is 0 Å². The lowest BCUT2D eigenvalue weighted by Gasteiger charge is -2.36. The van der Waals surface area contributed by atoms with Crippen LogP contribution >= 0.6 is 0 Å². The van der Waals surface area contributed by atoms with Crippen molar-refractivity contribution in [2.75, 3.05) is 37.6 Å². The van der Waals surface area contributed by atoms with E-state index >= 15 is 0 Å². The lowest BCUT2D eigenvalue weighted by Crippen LogP contribution is -2.52. The molecule has 8 heteroatoms. The molecule has 8 nitrogen and oxygen atoms in total. The van der Waals surface area contributed by atoms with Crippen molar-refractivity contribution in [1.29, 1.82) is 0 Å². The van der Waals surface area contributed by atoms with Crippen molar-refractivity contribution >= 4 is 17.6 Å². The van der Waals surface area contributed by atoms with Crippen LogP contribution in [0.4, 0.5) is 5.82 Å². The van der Waals surface area contributed by atoms with E-state index in [-0.39, 0.29) is 24.9 Å². The summed E-state index contributed by atoms with van der Waals surface area (Å²) in [4.78, 5) is 32.0. The summed E-state index contributed by atoms with van der Waals surface area (Å²) in [5.74, 6) is 1.15. The summed E-state index contributed by atoms with van der Waals surface area (Å²) >= 11 is 0. The minimum absolute atomic E-state index is 0.0154. The first kappa shape index (κ1) is 25.2. The van der Waals surface area contributed by atoms with Gasteiger partial charge in [0.05, 0.1) is 18.5 Å². The number of anilines is 1. The fraction of sp³-hybridized carbons (Fsp3) is 0.267. The van der Waals surface area contributed by atoms with E-state index in [9.17, 15) is 9.59 Å². The van der Waals surface area contributed by atoms with Gasteiger partial charge in [-0.25, -0.2) is 0 Å². The summed E-state index contributed by atoms with van der Waals surface area (Å²) in [6.07, 6.45) is 1.57. The standard InChI is InChI=1S/C30H31N5O3/c1-22-5-9-24(10-6-22)27-13-14-28(32-31-27)33-15-17-34(18-16-33)29(36)21-35(20-26-4-3-19-38-26)30(37)25-11-7-23(2)8-12-25/h3-14,19H,15-18,20-21H2,1-2H3. The highest BCUT2D eigenvalue weighted by atomic mass is 16.3. The van der Waals surface area contributed by atoms with Crippen molar-refractivity contribution in [2.24, 2.45) is 0 Å². The van der Waals surface area contributed by atoms with Gasteiger partial charge in [0.15, 0.2) is 5.82 Å². The molecule has 1 aliphatic heterocycles. The molecule has 1 fully saturated rings. The third-order valence-electron chi connectivity index (χ3n) is 6.79. The molecule has 0 spiro atoms. The average Bonchev–Trinajstić information content (AvgIpc) is 3.47. The highest BCUT2D eigenvalue weighted by Gasteiger charge is 2.26. The van der Waals surface area contributed by atoms with Crippen molar-refractivity contribution in [3.8, 4) is 11.3 Å². The second-order valence-electron chi connectivity index (χ2n) is 9.62. The Morgan fingerprint density at radius 1 is 0.842 bits per heavy atom. The first-order valence-corrected chi connectivity index (χ1v) is 12.8. The number of amides is 2. The number of rotatable bonds is 7. The number of aryl methyl sites for hydroxylation is 2. The predicted molar refractivity (Wildman–Crippen MR) is 146 cm³/mol. The summed E-state index contributed by atoms with van der Waals surface area (Å²) in [5.41, 5.74) is 4.69. The Morgan fingerprint density at radius 3 is 2.13 bits per heavy atom. The minimum Gasteiger partial charge on any atom is -0.467 e. The molecule has 2 aromatic heterocycles. The first-order valence-electron chi connectivity index (χ1n) is 12.8. The van der Waals surface area contributed by atoms with Gasteiger partial charge in [-0.1, -0.05) is 47.5 Å². The number of nitrogens with zero attached hydrogens (tertiary/aromatic N) is 5. The van der Waals surface area contributed by atoms with E-state index in [1.165, 1.54) is 5.56 Å². The molecular formula is C30H31N5O3. The lowest BCUT2D eigenvalue weighted by molar-refractivity contribution is -0.132. The van der Waals surface area contributed by atoms with Gasteiger partial charge in [0.1, 0.15) is 12.3 Å². The fourth-order valence-corrected chi connectivity index (χ4v) is 4.49. The molecule has 2 amide bonds. The van der Waals surface area contributed by atoms with Crippen LogP contribution in [0.5, 0.6) is 0 Å². The molecule has 0 bridgehead atoms. The van der Waals surface area contributed by atoms with Crippen LogP contribution in [0.2, 0.25) is 0 Å². The quantitative estimate of drug-likeness (QED) is 0.369. The summed E-state index contributed by atoms with van der Waals surface area (Å²) in [5, 5.41) is 8.84. The molecule has 0 N–H and O–H groups in total. The number of benzene rings is 2. The Labute approximate surface area is 222 Å². The molecule has 1 aliphatic rings. The van der Waals surface area contributed by atoms with Crippen LogP contribution in [0, 0.1) is 13.8 Å². The lowest BCUT2D eigenvalue weighted by atomic mass is 10.1. The molecular weight excluding hydrogens is 478 g/mol. The third-order valence-corrected chi connectivity index (χ3v) is 6.79. The van der Waals surface area contributed by atoms with Crippen molar-refractivity contribution in [1.82, 2.24) is 20.0 Å². The number of piperazine rings is 1. The van der Waals surface area contributed by atoms with E-state index in [0.29, 0.717) is 37.5 Å². The molecule has 0 atom stereocenters. The van der Waals surface area contributed by atoms with Crippen LogP contribution in [-0.2, 0) is 11.3 Å². The molecule has 2 aromatic carbocycles. The number of furan rings is 1. The summed E-state index contributed by atoms with van der Waals surface area (Å²) in [7, 11) is 0. The SMILES string of the molecule is Cc1ccc(C(=O)N(CC(=O)N2CCN(c3ccc(-c4ccc(C)cc4)nn3)CC2)Cc2ccco2)cc1. The largest absolute Gasteiger partial charge is 0.467 e. The van der Waals surface area contributed by atoms with Crippen molar-refractivity contribution in [3.63, 3.8) is 0 Å². The Morgan fingerprint density at radius 2 is 1.53 bits per heavy atom. The number of hydrogen-bond acceptors (Lipinski definition) is 6. The summed E-state index contributed by atoms with van der Waals surface area (Å²) < 4.78 is 5.46. The van der Waals surface area contributed by atoms with Crippen LogP contribution in [0.25, 0.3) is 11.3 Å². The zero-order valence-electron chi connectivity index (χ0n) is 21.7. The molecule has 194 valence electrons. The minimum atomic E-state index is -0.197. The smallest absolute Gasteiger partial charge is 0.254 e. The number of carbonyl (C=O) groups excluding carboxylic acids is 2. The second-order valence-corrected chi connectivity index (χ2v) is 9.62. The van der Waals surface area contributed by atoms with Gasteiger partial charge in [0, 0.05) is 37.3 Å². The van der Waals surface area contributed by atoms with E-state index in [1.807, 2.05) is 54.3 Å². The number of hydrogen-bond donors (Lipinski definition) is 0. The Balaban J connectivity index is 1.20. The molecule has 0 radical (unpaired) electrons. The molecule has 38 heavy (non-hydrogen) atoms. The fourth-order valence-electron chi connectivity index (χ4n) is 4.49.